The highest BCUT2D eigenvalue weighted by atomic mass is 35.5. The number of amidine groups is 1. The average Bonchev–Trinajstić information content (AvgIpc) is 3.32. The molecule has 1 aromatic rings. The van der Waals surface area contributed by atoms with Crippen molar-refractivity contribution in [2.45, 2.75) is 43.0 Å². The summed E-state index contributed by atoms with van der Waals surface area (Å²) in [6.07, 6.45) is 4.69. The van der Waals surface area contributed by atoms with E-state index in [1.807, 2.05) is 0 Å². The number of aliphatic imine (C=N–C) groups is 1. The number of nitrogens with zero attached hydrogens (tertiary/aromatic N) is 1. The zero-order valence-electron chi connectivity index (χ0n) is 14.9. The highest BCUT2D eigenvalue weighted by Crippen LogP contribution is 2.47. The second kappa shape index (κ2) is 7.77. The van der Waals surface area contributed by atoms with E-state index in [-0.39, 0.29) is 35.2 Å². The molecule has 2 saturated carbocycles. The highest BCUT2D eigenvalue weighted by Gasteiger charge is 2.49. The lowest BCUT2D eigenvalue weighted by Gasteiger charge is -2.27. The Balaban J connectivity index is 0.00000210. The summed E-state index contributed by atoms with van der Waals surface area (Å²) in [5.41, 5.74) is 6.70. The molecule has 0 radical (unpaired) electrons. The minimum absolute atomic E-state index is 0. The smallest absolute Gasteiger partial charge is 0.262 e. The van der Waals surface area contributed by atoms with Gasteiger partial charge in [0.2, 0.25) is 5.91 Å². The summed E-state index contributed by atoms with van der Waals surface area (Å²) in [5, 5.41) is 2.86. The number of carbonyl (C=O) groups is 1. The number of benzene rings is 1. The number of sulfonamides is 1. The van der Waals surface area contributed by atoms with Gasteiger partial charge in [0.15, 0.2) is 0 Å². The van der Waals surface area contributed by atoms with Crippen molar-refractivity contribution in [3.63, 3.8) is 0 Å². The molecule has 2 aliphatic carbocycles. The quantitative estimate of drug-likeness (QED) is 0.700. The van der Waals surface area contributed by atoms with Crippen molar-refractivity contribution in [1.29, 1.82) is 0 Å². The fourth-order valence-electron chi connectivity index (χ4n) is 4.53. The first kappa shape index (κ1) is 20.1. The second-order valence-electron chi connectivity index (χ2n) is 7.49. The minimum atomic E-state index is -3.70. The van der Waals surface area contributed by atoms with Crippen molar-refractivity contribution in [3.8, 4) is 0 Å². The largest absolute Gasteiger partial charge is 0.327 e. The molecule has 0 aromatic heterocycles. The minimum Gasteiger partial charge on any atom is -0.327 e. The van der Waals surface area contributed by atoms with E-state index in [1.165, 1.54) is 12.1 Å². The SMILES string of the molecule is Cl.NC1C2CCC(C2)C1C(=O)Nc1cccc(S(=O)(=O)NC2=NCCC2)c1. The topological polar surface area (TPSA) is 114 Å². The molecule has 4 N–H and O–H groups in total. The van der Waals surface area contributed by atoms with Gasteiger partial charge >= 0.3 is 0 Å². The van der Waals surface area contributed by atoms with E-state index < -0.39 is 10.0 Å². The molecule has 148 valence electrons. The molecule has 4 atom stereocenters. The van der Waals surface area contributed by atoms with Crippen LogP contribution in [0.1, 0.15) is 32.1 Å². The van der Waals surface area contributed by atoms with Crippen LogP contribution in [0, 0.1) is 17.8 Å². The summed E-state index contributed by atoms with van der Waals surface area (Å²) in [6.45, 7) is 0.651. The van der Waals surface area contributed by atoms with Gasteiger partial charge < -0.3 is 11.1 Å². The fourth-order valence-corrected chi connectivity index (χ4v) is 5.66. The van der Waals surface area contributed by atoms with E-state index in [4.69, 9.17) is 5.73 Å². The first-order valence-electron chi connectivity index (χ1n) is 9.17. The molecule has 1 amide bonds. The first-order chi connectivity index (χ1) is 12.4. The van der Waals surface area contributed by atoms with Crippen molar-refractivity contribution < 1.29 is 13.2 Å². The number of carbonyl (C=O) groups excluding carboxylic acids is 1. The molecule has 27 heavy (non-hydrogen) atoms. The van der Waals surface area contributed by atoms with Crippen LogP contribution in [-0.4, -0.2) is 32.7 Å². The van der Waals surface area contributed by atoms with Gasteiger partial charge in [0.05, 0.1) is 10.8 Å². The summed E-state index contributed by atoms with van der Waals surface area (Å²) in [6, 6.07) is 6.22. The van der Waals surface area contributed by atoms with Gasteiger partial charge in [0.1, 0.15) is 5.84 Å². The molecule has 7 nitrogen and oxygen atoms in total. The van der Waals surface area contributed by atoms with Gasteiger partial charge in [-0.3, -0.25) is 14.5 Å². The van der Waals surface area contributed by atoms with Crippen LogP contribution in [0.3, 0.4) is 0 Å². The lowest BCUT2D eigenvalue weighted by Crippen LogP contribution is -2.42. The average molecular weight is 413 g/mol. The lowest BCUT2D eigenvalue weighted by molar-refractivity contribution is -0.121. The van der Waals surface area contributed by atoms with E-state index in [0.717, 1.165) is 25.7 Å². The third-order valence-corrected chi connectivity index (χ3v) is 7.20. The van der Waals surface area contributed by atoms with Gasteiger partial charge in [0.25, 0.3) is 10.0 Å². The van der Waals surface area contributed by atoms with Crippen LogP contribution in [-0.2, 0) is 14.8 Å². The summed E-state index contributed by atoms with van der Waals surface area (Å²) < 4.78 is 27.6. The Kier molecular flexibility index (Phi) is 5.79. The molecule has 0 spiro atoms. The third-order valence-electron chi connectivity index (χ3n) is 5.82. The molecule has 2 bridgehead atoms. The van der Waals surface area contributed by atoms with Gasteiger partial charge in [-0.15, -0.1) is 12.4 Å². The molecule has 0 saturated heterocycles. The number of hydrogen-bond donors (Lipinski definition) is 3. The van der Waals surface area contributed by atoms with Crippen molar-refractivity contribution in [2.75, 3.05) is 11.9 Å². The number of rotatable bonds is 4. The predicted molar refractivity (Wildman–Crippen MR) is 106 cm³/mol. The van der Waals surface area contributed by atoms with Crippen molar-refractivity contribution in [1.82, 2.24) is 4.72 Å². The molecule has 1 aromatic carbocycles. The van der Waals surface area contributed by atoms with Crippen molar-refractivity contribution in [3.05, 3.63) is 24.3 Å². The maximum atomic E-state index is 12.7. The van der Waals surface area contributed by atoms with E-state index in [1.54, 1.807) is 12.1 Å². The zero-order valence-corrected chi connectivity index (χ0v) is 16.6. The monoisotopic (exact) mass is 412 g/mol. The Hall–Kier alpha value is -1.64. The molecular formula is C18H25ClN4O3S. The summed E-state index contributed by atoms with van der Waals surface area (Å²) in [7, 11) is -3.70. The summed E-state index contributed by atoms with van der Waals surface area (Å²) in [4.78, 5) is 16.9. The Bertz CT molecular complexity index is 856. The van der Waals surface area contributed by atoms with Gasteiger partial charge in [-0.2, -0.15) is 0 Å². The highest BCUT2D eigenvalue weighted by molar-refractivity contribution is 7.90. The number of amides is 1. The molecule has 2 fully saturated rings. The maximum Gasteiger partial charge on any atom is 0.262 e. The van der Waals surface area contributed by atoms with Crippen LogP contribution in [0.4, 0.5) is 5.69 Å². The number of fused-ring (bicyclic) bond motifs is 2. The van der Waals surface area contributed by atoms with Gasteiger partial charge in [-0.25, -0.2) is 8.42 Å². The fraction of sp³-hybridized carbons (Fsp3) is 0.556. The zero-order chi connectivity index (χ0) is 18.3. The van der Waals surface area contributed by atoms with E-state index in [0.29, 0.717) is 36.3 Å². The number of nitrogens with two attached hydrogens (primary N) is 1. The number of halogens is 1. The number of nitrogens with one attached hydrogen (secondary N) is 2. The Morgan fingerprint density at radius 3 is 2.67 bits per heavy atom. The van der Waals surface area contributed by atoms with Crippen LogP contribution >= 0.6 is 12.4 Å². The lowest BCUT2D eigenvalue weighted by atomic mass is 9.84. The number of hydrogen-bond acceptors (Lipinski definition) is 5. The van der Waals surface area contributed by atoms with Crippen molar-refractivity contribution in [2.24, 2.45) is 28.5 Å². The van der Waals surface area contributed by atoms with Crippen LogP contribution < -0.4 is 15.8 Å². The Labute approximate surface area is 165 Å². The maximum absolute atomic E-state index is 12.7. The van der Waals surface area contributed by atoms with E-state index in [9.17, 15) is 13.2 Å². The van der Waals surface area contributed by atoms with Gasteiger partial charge in [0, 0.05) is 24.7 Å². The van der Waals surface area contributed by atoms with Gasteiger partial charge in [-0.05, 0) is 55.7 Å². The van der Waals surface area contributed by atoms with Crippen LogP contribution in [0.5, 0.6) is 0 Å². The van der Waals surface area contributed by atoms with Crippen molar-refractivity contribution >= 4 is 39.9 Å². The molecule has 4 rings (SSSR count). The Morgan fingerprint density at radius 2 is 2.00 bits per heavy atom. The molecule has 4 unspecified atom stereocenters. The molecule has 1 heterocycles. The van der Waals surface area contributed by atoms with Crippen LogP contribution in [0.2, 0.25) is 0 Å². The van der Waals surface area contributed by atoms with E-state index >= 15 is 0 Å². The van der Waals surface area contributed by atoms with E-state index in [2.05, 4.69) is 15.0 Å². The van der Waals surface area contributed by atoms with Crippen LogP contribution in [0.25, 0.3) is 0 Å². The molecule has 1 aliphatic heterocycles. The predicted octanol–water partition coefficient (Wildman–Crippen LogP) is 1.89. The molecular weight excluding hydrogens is 388 g/mol. The Morgan fingerprint density at radius 1 is 1.22 bits per heavy atom. The normalized spacial score (nSPS) is 29.1. The second-order valence-corrected chi connectivity index (χ2v) is 9.17. The summed E-state index contributed by atoms with van der Waals surface area (Å²) >= 11 is 0. The summed E-state index contributed by atoms with van der Waals surface area (Å²) in [5.74, 6) is 1.00. The molecule has 3 aliphatic rings. The standard InChI is InChI=1S/C18H24N4O3S.ClH/c19-17-12-7-6-11(9-12)16(17)18(23)21-13-3-1-4-14(10-13)26(24,25)22-15-5-2-8-20-15;/h1,3-4,10-12,16-17H,2,5-9,19H2,(H,20,22)(H,21,23);1H. The van der Waals surface area contributed by atoms with Gasteiger partial charge in [-0.1, -0.05) is 6.07 Å². The molecule has 9 heteroatoms. The first-order valence-corrected chi connectivity index (χ1v) is 10.6. The number of anilines is 1. The van der Waals surface area contributed by atoms with Crippen LogP contribution in [0.15, 0.2) is 34.2 Å². The third kappa shape index (κ3) is 3.97.